The lowest BCUT2D eigenvalue weighted by atomic mass is 10.0. The molecule has 2 aromatic rings. The third-order valence-electron chi connectivity index (χ3n) is 3.81. The molecule has 0 aliphatic heterocycles. The van der Waals surface area contributed by atoms with E-state index in [1.807, 2.05) is 25.1 Å². The highest BCUT2D eigenvalue weighted by atomic mass is 79.9. The SMILES string of the molecule is CCC(NC(=O)COc1ccc(Br)cc1Cl)c1ccc(OC)c(OC)c1. The van der Waals surface area contributed by atoms with Crippen molar-refractivity contribution in [3.63, 3.8) is 0 Å². The fraction of sp³-hybridized carbons (Fsp3) is 0.316. The monoisotopic (exact) mass is 441 g/mol. The predicted molar refractivity (Wildman–Crippen MR) is 105 cm³/mol. The van der Waals surface area contributed by atoms with Gasteiger partial charge in [-0.05, 0) is 42.3 Å². The van der Waals surface area contributed by atoms with Crippen LogP contribution >= 0.6 is 27.5 Å². The fourth-order valence-electron chi connectivity index (χ4n) is 2.46. The van der Waals surface area contributed by atoms with Gasteiger partial charge in [-0.1, -0.05) is 40.5 Å². The fourth-order valence-corrected chi connectivity index (χ4v) is 3.19. The Morgan fingerprint density at radius 2 is 1.81 bits per heavy atom. The van der Waals surface area contributed by atoms with Gasteiger partial charge in [0.05, 0.1) is 25.3 Å². The van der Waals surface area contributed by atoms with Gasteiger partial charge < -0.3 is 19.5 Å². The van der Waals surface area contributed by atoms with Crippen molar-refractivity contribution in [3.8, 4) is 17.2 Å². The smallest absolute Gasteiger partial charge is 0.258 e. The van der Waals surface area contributed by atoms with Crippen molar-refractivity contribution in [1.82, 2.24) is 5.32 Å². The van der Waals surface area contributed by atoms with Crippen molar-refractivity contribution >= 4 is 33.4 Å². The summed E-state index contributed by atoms with van der Waals surface area (Å²) in [5, 5.41) is 3.40. The Balaban J connectivity index is 2.01. The second-order valence-electron chi connectivity index (χ2n) is 5.51. The number of halogens is 2. The Labute approximate surface area is 166 Å². The first kappa shape index (κ1) is 20.4. The number of carbonyl (C=O) groups is 1. The van der Waals surface area contributed by atoms with E-state index in [9.17, 15) is 4.79 Å². The maximum atomic E-state index is 12.3. The summed E-state index contributed by atoms with van der Waals surface area (Å²) in [4.78, 5) is 12.3. The molecule has 0 saturated carbocycles. The van der Waals surface area contributed by atoms with Gasteiger partial charge >= 0.3 is 0 Å². The molecule has 0 bridgehead atoms. The molecule has 7 heteroatoms. The van der Waals surface area contributed by atoms with Gasteiger partial charge in [-0.25, -0.2) is 0 Å². The van der Waals surface area contributed by atoms with Crippen LogP contribution in [0.5, 0.6) is 17.2 Å². The van der Waals surface area contributed by atoms with Gasteiger partial charge in [0.25, 0.3) is 5.91 Å². The van der Waals surface area contributed by atoms with E-state index in [1.54, 1.807) is 32.4 Å². The molecule has 5 nitrogen and oxygen atoms in total. The maximum absolute atomic E-state index is 12.3. The number of hydrogen-bond acceptors (Lipinski definition) is 4. The van der Waals surface area contributed by atoms with Gasteiger partial charge in [0.15, 0.2) is 18.1 Å². The highest BCUT2D eigenvalue weighted by molar-refractivity contribution is 9.10. The zero-order chi connectivity index (χ0) is 19.1. The average Bonchev–Trinajstić information content (AvgIpc) is 2.64. The molecule has 0 aromatic heterocycles. The Bertz CT molecular complexity index is 769. The van der Waals surface area contributed by atoms with Crippen molar-refractivity contribution in [1.29, 1.82) is 0 Å². The van der Waals surface area contributed by atoms with E-state index in [1.165, 1.54) is 0 Å². The summed E-state index contributed by atoms with van der Waals surface area (Å²) in [5.41, 5.74) is 0.931. The number of nitrogens with one attached hydrogen (secondary N) is 1. The second-order valence-corrected chi connectivity index (χ2v) is 6.83. The summed E-state index contributed by atoms with van der Waals surface area (Å²) in [6.07, 6.45) is 0.722. The quantitative estimate of drug-likeness (QED) is 0.640. The molecule has 140 valence electrons. The van der Waals surface area contributed by atoms with Crippen molar-refractivity contribution in [2.24, 2.45) is 0 Å². The van der Waals surface area contributed by atoms with Crippen LogP contribution in [0.3, 0.4) is 0 Å². The predicted octanol–water partition coefficient (Wildman–Crippen LogP) is 4.77. The summed E-state index contributed by atoms with van der Waals surface area (Å²) < 4.78 is 16.9. The number of rotatable bonds is 8. The molecule has 0 saturated heterocycles. The third-order valence-corrected chi connectivity index (χ3v) is 4.59. The number of methoxy groups -OCH3 is 2. The van der Waals surface area contributed by atoms with E-state index in [-0.39, 0.29) is 18.6 Å². The van der Waals surface area contributed by atoms with Gasteiger partial charge in [0, 0.05) is 4.47 Å². The molecule has 1 N–H and O–H groups in total. The lowest BCUT2D eigenvalue weighted by Gasteiger charge is -2.19. The Hall–Kier alpha value is -1.92. The van der Waals surface area contributed by atoms with Gasteiger partial charge in [-0.3, -0.25) is 4.79 Å². The van der Waals surface area contributed by atoms with E-state index < -0.39 is 0 Å². The zero-order valence-corrected chi connectivity index (χ0v) is 17.2. The molecular formula is C19H21BrClNO4. The molecule has 2 rings (SSSR count). The molecule has 1 unspecified atom stereocenters. The van der Waals surface area contributed by atoms with Crippen LogP contribution in [0.15, 0.2) is 40.9 Å². The number of ether oxygens (including phenoxy) is 3. The second kappa shape index (κ2) is 9.69. The van der Waals surface area contributed by atoms with Crippen LogP contribution < -0.4 is 19.5 Å². The number of benzene rings is 2. The van der Waals surface area contributed by atoms with E-state index in [2.05, 4.69) is 21.2 Å². The highest BCUT2D eigenvalue weighted by Crippen LogP contribution is 2.31. The first-order chi connectivity index (χ1) is 12.5. The van der Waals surface area contributed by atoms with Gasteiger partial charge in [0.2, 0.25) is 0 Å². The summed E-state index contributed by atoms with van der Waals surface area (Å²) in [6.45, 7) is 1.87. The van der Waals surface area contributed by atoms with Crippen molar-refractivity contribution < 1.29 is 19.0 Å². The molecule has 0 radical (unpaired) electrons. The minimum atomic E-state index is -0.231. The summed E-state index contributed by atoms with van der Waals surface area (Å²) >= 11 is 9.42. The molecular weight excluding hydrogens is 422 g/mol. The minimum Gasteiger partial charge on any atom is -0.493 e. The van der Waals surface area contributed by atoms with Crippen molar-refractivity contribution in [2.75, 3.05) is 20.8 Å². The normalized spacial score (nSPS) is 11.6. The molecule has 1 atom stereocenters. The van der Waals surface area contributed by atoms with E-state index in [0.29, 0.717) is 22.3 Å². The topological polar surface area (TPSA) is 56.8 Å². The standard InChI is InChI=1S/C19H21BrClNO4/c1-4-15(12-5-7-17(24-2)18(9-12)25-3)22-19(23)11-26-16-8-6-13(20)10-14(16)21/h5-10,15H,4,11H2,1-3H3,(H,22,23). The van der Waals surface area contributed by atoms with Crippen LogP contribution in [0.4, 0.5) is 0 Å². The molecule has 0 aliphatic rings. The zero-order valence-electron chi connectivity index (χ0n) is 14.8. The van der Waals surface area contributed by atoms with Crippen LogP contribution in [0.1, 0.15) is 24.9 Å². The molecule has 1 amide bonds. The highest BCUT2D eigenvalue weighted by Gasteiger charge is 2.16. The van der Waals surface area contributed by atoms with Crippen molar-refractivity contribution in [2.45, 2.75) is 19.4 Å². The van der Waals surface area contributed by atoms with Gasteiger partial charge in [0.1, 0.15) is 5.75 Å². The Morgan fingerprint density at radius 3 is 2.42 bits per heavy atom. The summed E-state index contributed by atoms with van der Waals surface area (Å²) in [6, 6.07) is 10.7. The van der Waals surface area contributed by atoms with Crippen LogP contribution in [0.2, 0.25) is 5.02 Å². The molecule has 0 spiro atoms. The molecule has 26 heavy (non-hydrogen) atoms. The molecule has 0 aliphatic carbocycles. The van der Waals surface area contributed by atoms with Crippen LogP contribution in [0, 0.1) is 0 Å². The average molecular weight is 443 g/mol. The lowest BCUT2D eigenvalue weighted by molar-refractivity contribution is -0.123. The van der Waals surface area contributed by atoms with Crippen molar-refractivity contribution in [3.05, 3.63) is 51.5 Å². The van der Waals surface area contributed by atoms with E-state index in [4.69, 9.17) is 25.8 Å². The van der Waals surface area contributed by atoms with E-state index >= 15 is 0 Å². The van der Waals surface area contributed by atoms with Crippen LogP contribution in [-0.2, 0) is 4.79 Å². The molecule has 0 heterocycles. The first-order valence-corrected chi connectivity index (χ1v) is 9.24. The Morgan fingerprint density at radius 1 is 1.12 bits per heavy atom. The van der Waals surface area contributed by atoms with E-state index in [0.717, 1.165) is 16.5 Å². The molecule has 0 fully saturated rings. The minimum absolute atomic E-state index is 0.120. The largest absolute Gasteiger partial charge is 0.493 e. The number of amides is 1. The molecule has 2 aromatic carbocycles. The first-order valence-electron chi connectivity index (χ1n) is 8.07. The Kier molecular flexibility index (Phi) is 7.60. The number of hydrogen-bond donors (Lipinski definition) is 1. The van der Waals surface area contributed by atoms with Crippen LogP contribution in [0.25, 0.3) is 0 Å². The maximum Gasteiger partial charge on any atom is 0.258 e. The lowest BCUT2D eigenvalue weighted by Crippen LogP contribution is -2.32. The van der Waals surface area contributed by atoms with Gasteiger partial charge in [-0.2, -0.15) is 0 Å². The number of carbonyl (C=O) groups excluding carboxylic acids is 1. The third kappa shape index (κ3) is 5.29. The summed E-state index contributed by atoms with van der Waals surface area (Å²) in [5.74, 6) is 1.50. The van der Waals surface area contributed by atoms with Crippen LogP contribution in [-0.4, -0.2) is 26.7 Å². The summed E-state index contributed by atoms with van der Waals surface area (Å²) in [7, 11) is 3.16. The van der Waals surface area contributed by atoms with Gasteiger partial charge in [-0.15, -0.1) is 0 Å².